The average molecular weight is 466 g/mol. The second kappa shape index (κ2) is 9.80. The first kappa shape index (κ1) is 21.7. The van der Waals surface area contributed by atoms with Crippen molar-refractivity contribution >= 4 is 45.6 Å². The minimum Gasteiger partial charge on any atom is -0.378 e. The fourth-order valence-electron chi connectivity index (χ4n) is 4.18. The van der Waals surface area contributed by atoms with Gasteiger partial charge in [-0.05, 0) is 25.3 Å². The third-order valence-corrected chi connectivity index (χ3v) is 6.89. The lowest BCUT2D eigenvalue weighted by Crippen LogP contribution is -2.36. The van der Waals surface area contributed by atoms with Crippen LogP contribution in [0.3, 0.4) is 0 Å². The molecule has 1 aliphatic heterocycles. The van der Waals surface area contributed by atoms with Gasteiger partial charge in [-0.1, -0.05) is 42.7 Å². The Kier molecular flexibility index (Phi) is 6.45. The first-order valence-corrected chi connectivity index (χ1v) is 12.2. The van der Waals surface area contributed by atoms with E-state index < -0.39 is 0 Å². The number of nitrogens with zero attached hydrogens (tertiary/aromatic N) is 5. The lowest BCUT2D eigenvalue weighted by molar-refractivity contribution is 0.0937. The Balaban J connectivity index is 1.43. The average Bonchev–Trinajstić information content (AvgIpc) is 3.49. The SMILES string of the molecule is Cc1cccc(/C=N/Nc2nc(N3CCOCC3)c3sc(C(=O)NC4CCCC4)nc3n2)c1. The zero-order valence-corrected chi connectivity index (χ0v) is 19.4. The number of hydrogen-bond donors (Lipinski definition) is 2. The quantitative estimate of drug-likeness (QED) is 0.425. The number of aromatic nitrogens is 3. The van der Waals surface area contributed by atoms with Gasteiger partial charge in [-0.15, -0.1) is 11.3 Å². The summed E-state index contributed by atoms with van der Waals surface area (Å²) in [5.41, 5.74) is 5.58. The summed E-state index contributed by atoms with van der Waals surface area (Å²) in [7, 11) is 0. The maximum absolute atomic E-state index is 12.8. The highest BCUT2D eigenvalue weighted by atomic mass is 32.1. The number of anilines is 2. The van der Waals surface area contributed by atoms with E-state index in [2.05, 4.69) is 30.7 Å². The van der Waals surface area contributed by atoms with Crippen molar-refractivity contribution in [2.75, 3.05) is 36.6 Å². The van der Waals surface area contributed by atoms with Crippen LogP contribution in [0.25, 0.3) is 10.3 Å². The van der Waals surface area contributed by atoms with Crippen molar-refractivity contribution in [1.29, 1.82) is 0 Å². The Morgan fingerprint density at radius 3 is 2.82 bits per heavy atom. The number of aryl methyl sites for hydroxylation is 1. The summed E-state index contributed by atoms with van der Waals surface area (Å²) < 4.78 is 6.31. The van der Waals surface area contributed by atoms with E-state index in [9.17, 15) is 4.79 Å². The summed E-state index contributed by atoms with van der Waals surface area (Å²) in [5.74, 6) is 0.972. The van der Waals surface area contributed by atoms with Crippen LogP contribution in [0.2, 0.25) is 0 Å². The second-order valence-electron chi connectivity index (χ2n) is 8.38. The molecule has 0 unspecified atom stereocenters. The standard InChI is InChI=1S/C23H27N7O2S/c1-15-5-4-6-16(13-15)14-24-29-23-27-19-18(20(28-23)30-9-11-32-12-10-30)33-22(26-19)21(31)25-17-7-2-3-8-17/h4-6,13-14,17H,2-3,7-12H2,1H3,(H,25,31)(H,27,28,29)/b24-14+. The minimum absolute atomic E-state index is 0.134. The molecule has 1 amide bonds. The van der Waals surface area contributed by atoms with Gasteiger partial charge in [-0.3, -0.25) is 4.79 Å². The molecule has 2 fully saturated rings. The molecule has 0 spiro atoms. The van der Waals surface area contributed by atoms with E-state index in [1.807, 2.05) is 31.2 Å². The number of fused-ring (bicyclic) bond motifs is 1. The van der Waals surface area contributed by atoms with E-state index >= 15 is 0 Å². The first-order chi connectivity index (χ1) is 16.2. The Morgan fingerprint density at radius 2 is 2.03 bits per heavy atom. The Labute approximate surface area is 196 Å². The van der Waals surface area contributed by atoms with Crippen LogP contribution in [0.4, 0.5) is 11.8 Å². The van der Waals surface area contributed by atoms with E-state index in [0.29, 0.717) is 29.8 Å². The van der Waals surface area contributed by atoms with Gasteiger partial charge in [0.05, 0.1) is 19.4 Å². The molecule has 0 atom stereocenters. The van der Waals surface area contributed by atoms with E-state index in [0.717, 1.165) is 60.4 Å². The molecule has 2 aromatic heterocycles. The third-order valence-electron chi connectivity index (χ3n) is 5.85. The molecule has 2 N–H and O–H groups in total. The fraction of sp³-hybridized carbons (Fsp3) is 0.435. The number of nitrogens with one attached hydrogen (secondary N) is 2. The molecule has 9 nitrogen and oxygen atoms in total. The summed E-state index contributed by atoms with van der Waals surface area (Å²) in [6.45, 7) is 4.75. The Bertz CT molecular complexity index is 1170. The van der Waals surface area contributed by atoms with Crippen LogP contribution in [0.5, 0.6) is 0 Å². The molecular formula is C23H27N7O2S. The number of carbonyl (C=O) groups excluding carboxylic acids is 1. The van der Waals surface area contributed by atoms with Crippen molar-refractivity contribution in [3.8, 4) is 0 Å². The highest BCUT2D eigenvalue weighted by Gasteiger charge is 2.24. The van der Waals surface area contributed by atoms with E-state index in [-0.39, 0.29) is 11.9 Å². The maximum atomic E-state index is 12.8. The molecule has 1 aliphatic carbocycles. The van der Waals surface area contributed by atoms with Crippen molar-refractivity contribution in [1.82, 2.24) is 20.3 Å². The summed E-state index contributed by atoms with van der Waals surface area (Å²) in [5, 5.41) is 7.84. The van der Waals surface area contributed by atoms with Gasteiger partial charge in [0.2, 0.25) is 5.95 Å². The Hall–Kier alpha value is -3.11. The number of benzene rings is 1. The maximum Gasteiger partial charge on any atom is 0.280 e. The van der Waals surface area contributed by atoms with Crippen LogP contribution in [-0.2, 0) is 4.74 Å². The van der Waals surface area contributed by atoms with Crippen LogP contribution in [0.1, 0.15) is 46.6 Å². The highest BCUT2D eigenvalue weighted by Crippen LogP contribution is 2.31. The van der Waals surface area contributed by atoms with Gasteiger partial charge < -0.3 is 15.0 Å². The molecule has 1 saturated heterocycles. The lowest BCUT2D eigenvalue weighted by Gasteiger charge is -2.28. The number of hydrazone groups is 1. The minimum atomic E-state index is -0.134. The molecular weight excluding hydrogens is 438 g/mol. The highest BCUT2D eigenvalue weighted by molar-refractivity contribution is 7.20. The summed E-state index contributed by atoms with van der Waals surface area (Å²) in [6, 6.07) is 8.30. The van der Waals surface area contributed by atoms with Gasteiger partial charge in [-0.2, -0.15) is 15.1 Å². The molecule has 3 aromatic rings. The third kappa shape index (κ3) is 5.12. The fourth-order valence-corrected chi connectivity index (χ4v) is 5.10. The van der Waals surface area contributed by atoms with E-state index in [4.69, 9.17) is 9.72 Å². The number of amides is 1. The zero-order chi connectivity index (χ0) is 22.6. The number of morpholine rings is 1. The largest absolute Gasteiger partial charge is 0.378 e. The number of carbonyl (C=O) groups is 1. The van der Waals surface area contributed by atoms with Crippen LogP contribution in [0, 0.1) is 6.92 Å². The predicted molar refractivity (Wildman–Crippen MR) is 130 cm³/mol. The zero-order valence-electron chi connectivity index (χ0n) is 18.6. The van der Waals surface area contributed by atoms with Gasteiger partial charge in [-0.25, -0.2) is 10.4 Å². The van der Waals surface area contributed by atoms with E-state index in [1.165, 1.54) is 11.3 Å². The predicted octanol–water partition coefficient (Wildman–Crippen LogP) is 3.35. The van der Waals surface area contributed by atoms with Crippen LogP contribution in [0.15, 0.2) is 29.4 Å². The molecule has 1 aromatic carbocycles. The summed E-state index contributed by atoms with van der Waals surface area (Å²) >= 11 is 1.34. The van der Waals surface area contributed by atoms with Crippen molar-refractivity contribution in [3.05, 3.63) is 40.4 Å². The van der Waals surface area contributed by atoms with Crippen molar-refractivity contribution in [2.24, 2.45) is 5.10 Å². The number of ether oxygens (including phenoxy) is 1. The number of thiazole rings is 1. The first-order valence-electron chi connectivity index (χ1n) is 11.3. The number of hydrogen-bond acceptors (Lipinski definition) is 9. The molecule has 5 rings (SSSR count). The summed E-state index contributed by atoms with van der Waals surface area (Å²) in [4.78, 5) is 28.8. The van der Waals surface area contributed by atoms with E-state index in [1.54, 1.807) is 6.21 Å². The van der Waals surface area contributed by atoms with Crippen LogP contribution >= 0.6 is 11.3 Å². The monoisotopic (exact) mass is 465 g/mol. The van der Waals surface area contributed by atoms with Crippen LogP contribution < -0.4 is 15.6 Å². The lowest BCUT2D eigenvalue weighted by atomic mass is 10.2. The van der Waals surface area contributed by atoms with Crippen LogP contribution in [-0.4, -0.2) is 59.4 Å². The molecule has 0 radical (unpaired) electrons. The van der Waals surface area contributed by atoms with Crippen molar-refractivity contribution in [2.45, 2.75) is 38.6 Å². The molecule has 33 heavy (non-hydrogen) atoms. The van der Waals surface area contributed by atoms with Gasteiger partial charge in [0.25, 0.3) is 5.91 Å². The summed E-state index contributed by atoms with van der Waals surface area (Å²) in [6.07, 6.45) is 6.12. The van der Waals surface area contributed by atoms with Gasteiger partial charge in [0.15, 0.2) is 16.5 Å². The molecule has 10 heteroatoms. The van der Waals surface area contributed by atoms with Crippen molar-refractivity contribution < 1.29 is 9.53 Å². The molecule has 1 saturated carbocycles. The molecule has 3 heterocycles. The van der Waals surface area contributed by atoms with Gasteiger partial charge >= 0.3 is 0 Å². The molecule has 0 bridgehead atoms. The smallest absolute Gasteiger partial charge is 0.280 e. The molecule has 2 aliphatic rings. The van der Waals surface area contributed by atoms with Crippen molar-refractivity contribution in [3.63, 3.8) is 0 Å². The van der Waals surface area contributed by atoms with Gasteiger partial charge in [0, 0.05) is 19.1 Å². The topological polar surface area (TPSA) is 105 Å². The normalized spacial score (nSPS) is 17.2. The van der Waals surface area contributed by atoms with Gasteiger partial charge in [0.1, 0.15) is 4.70 Å². The number of rotatable bonds is 6. The Morgan fingerprint density at radius 1 is 1.21 bits per heavy atom. The second-order valence-corrected chi connectivity index (χ2v) is 9.38. The molecule has 172 valence electrons.